The van der Waals surface area contributed by atoms with Gasteiger partial charge in [0, 0.05) is 5.02 Å². The van der Waals surface area contributed by atoms with Crippen molar-refractivity contribution in [1.82, 2.24) is 4.98 Å². The molecular formula is C29H32ClNO2S. The molecule has 0 aliphatic heterocycles. The van der Waals surface area contributed by atoms with Gasteiger partial charge in [0.05, 0.1) is 21.2 Å². The third-order valence-corrected chi connectivity index (χ3v) is 7.42. The number of hydrogen-bond acceptors (Lipinski definition) is 4. The summed E-state index contributed by atoms with van der Waals surface area (Å²) in [6.45, 7) is 10.2. The number of ether oxygens (including phenoxy) is 1. The fourth-order valence-electron chi connectivity index (χ4n) is 3.13. The molecule has 4 rings (SSSR count). The van der Waals surface area contributed by atoms with Gasteiger partial charge in [0.2, 0.25) is 0 Å². The first-order chi connectivity index (χ1) is 16.2. The van der Waals surface area contributed by atoms with Gasteiger partial charge < -0.3 is 4.74 Å². The van der Waals surface area contributed by atoms with Crippen molar-refractivity contribution in [1.29, 1.82) is 0 Å². The molecule has 1 unspecified atom stereocenters. The lowest BCUT2D eigenvalue weighted by molar-refractivity contribution is -0.144. The first-order valence-electron chi connectivity index (χ1n) is 11.7. The van der Waals surface area contributed by atoms with E-state index < -0.39 is 5.41 Å². The molecule has 5 heteroatoms. The molecule has 1 atom stereocenters. The second-order valence-corrected chi connectivity index (χ2v) is 10.4. The van der Waals surface area contributed by atoms with E-state index in [0.717, 1.165) is 32.2 Å². The Hall–Kier alpha value is -2.69. The number of para-hydroxylation sites is 2. The highest BCUT2D eigenvalue weighted by atomic mass is 35.5. The molecule has 0 N–H and O–H groups in total. The Morgan fingerprint density at radius 1 is 1.00 bits per heavy atom. The standard InChI is InChI=1S/C19H19NO2S.C10H13Cl/c1-4-19(2,3)18(21)22-15-11-7-5-9-13(15)17-20-14-10-6-8-12-16(14)23-17;1-3-8(2)9-4-6-10(11)7-5-9/h5-12H,4H2,1-3H3;4-8H,3H2,1-2H3. The largest absolute Gasteiger partial charge is 0.425 e. The van der Waals surface area contributed by atoms with Crippen LogP contribution in [0.4, 0.5) is 0 Å². The molecule has 0 fully saturated rings. The maximum absolute atomic E-state index is 12.4. The van der Waals surface area contributed by atoms with E-state index in [0.29, 0.717) is 11.7 Å². The molecule has 0 bridgehead atoms. The first kappa shape index (κ1) is 25.9. The number of thiazole rings is 1. The minimum absolute atomic E-state index is 0.214. The summed E-state index contributed by atoms with van der Waals surface area (Å²) in [7, 11) is 0. The van der Waals surface area contributed by atoms with Crippen LogP contribution in [0.3, 0.4) is 0 Å². The molecule has 0 aliphatic carbocycles. The minimum atomic E-state index is -0.499. The van der Waals surface area contributed by atoms with Gasteiger partial charge in [0.25, 0.3) is 0 Å². The summed E-state index contributed by atoms with van der Waals surface area (Å²) in [6.07, 6.45) is 1.91. The van der Waals surface area contributed by atoms with E-state index in [1.807, 2.05) is 81.4 Å². The molecule has 0 radical (unpaired) electrons. The monoisotopic (exact) mass is 493 g/mol. The van der Waals surface area contributed by atoms with Crippen molar-refractivity contribution in [2.24, 2.45) is 5.41 Å². The van der Waals surface area contributed by atoms with Crippen molar-refractivity contribution < 1.29 is 9.53 Å². The van der Waals surface area contributed by atoms with E-state index in [4.69, 9.17) is 16.3 Å². The summed E-state index contributed by atoms with van der Waals surface area (Å²) in [5, 5.41) is 1.68. The van der Waals surface area contributed by atoms with E-state index in [2.05, 4.69) is 31.0 Å². The first-order valence-corrected chi connectivity index (χ1v) is 12.9. The van der Waals surface area contributed by atoms with Gasteiger partial charge in [-0.25, -0.2) is 4.98 Å². The van der Waals surface area contributed by atoms with Crippen LogP contribution in [0.15, 0.2) is 72.8 Å². The molecule has 4 aromatic rings. The Labute approximate surface area is 211 Å². The van der Waals surface area contributed by atoms with Crippen molar-refractivity contribution in [3.8, 4) is 16.3 Å². The number of halogens is 1. The summed E-state index contributed by atoms with van der Waals surface area (Å²) < 4.78 is 6.80. The van der Waals surface area contributed by atoms with Crippen molar-refractivity contribution in [2.45, 2.75) is 53.4 Å². The summed E-state index contributed by atoms with van der Waals surface area (Å²) in [4.78, 5) is 17.0. The Morgan fingerprint density at radius 3 is 2.29 bits per heavy atom. The molecule has 0 saturated heterocycles. The topological polar surface area (TPSA) is 39.2 Å². The van der Waals surface area contributed by atoms with E-state index in [9.17, 15) is 4.79 Å². The lowest BCUT2D eigenvalue weighted by Gasteiger charge is -2.20. The van der Waals surface area contributed by atoms with Gasteiger partial charge in [-0.1, -0.05) is 68.8 Å². The molecule has 1 aromatic heterocycles. The number of nitrogens with zero attached hydrogens (tertiary/aromatic N) is 1. The van der Waals surface area contributed by atoms with Crippen LogP contribution in [0.2, 0.25) is 5.02 Å². The third kappa shape index (κ3) is 6.46. The number of hydrogen-bond donors (Lipinski definition) is 0. The highest BCUT2D eigenvalue weighted by molar-refractivity contribution is 7.21. The third-order valence-electron chi connectivity index (χ3n) is 6.10. The van der Waals surface area contributed by atoms with Crippen LogP contribution >= 0.6 is 22.9 Å². The van der Waals surface area contributed by atoms with Gasteiger partial charge in [-0.2, -0.15) is 0 Å². The number of fused-ring (bicyclic) bond motifs is 1. The quantitative estimate of drug-likeness (QED) is 0.198. The zero-order chi connectivity index (χ0) is 24.7. The molecule has 34 heavy (non-hydrogen) atoms. The van der Waals surface area contributed by atoms with E-state index in [-0.39, 0.29) is 5.97 Å². The SMILES string of the molecule is CCC(C)(C)C(=O)Oc1ccccc1-c1nc2ccccc2s1.CCC(C)c1ccc(Cl)cc1. The Bertz CT molecular complexity index is 1200. The molecule has 178 valence electrons. The van der Waals surface area contributed by atoms with Crippen LogP contribution in [0.1, 0.15) is 58.9 Å². The van der Waals surface area contributed by atoms with Gasteiger partial charge in [0.15, 0.2) is 0 Å². The Kier molecular flexibility index (Phi) is 8.87. The molecule has 3 nitrogen and oxygen atoms in total. The van der Waals surface area contributed by atoms with Crippen molar-refractivity contribution in [3.05, 3.63) is 83.4 Å². The normalized spacial score (nSPS) is 12.1. The van der Waals surface area contributed by atoms with Crippen molar-refractivity contribution >= 4 is 39.1 Å². The number of benzene rings is 3. The van der Waals surface area contributed by atoms with Crippen molar-refractivity contribution in [3.63, 3.8) is 0 Å². The lowest BCUT2D eigenvalue weighted by atomic mass is 9.91. The van der Waals surface area contributed by atoms with Gasteiger partial charge in [-0.15, -0.1) is 11.3 Å². The van der Waals surface area contributed by atoms with Crippen LogP contribution in [-0.4, -0.2) is 11.0 Å². The van der Waals surface area contributed by atoms with Crippen LogP contribution in [0.25, 0.3) is 20.8 Å². The maximum Gasteiger partial charge on any atom is 0.316 e. The Morgan fingerprint density at radius 2 is 1.65 bits per heavy atom. The van der Waals surface area contributed by atoms with Crippen LogP contribution < -0.4 is 4.74 Å². The van der Waals surface area contributed by atoms with Crippen LogP contribution in [0.5, 0.6) is 5.75 Å². The van der Waals surface area contributed by atoms with E-state index in [1.165, 1.54) is 12.0 Å². The van der Waals surface area contributed by atoms with Gasteiger partial charge in [0.1, 0.15) is 10.8 Å². The summed E-state index contributed by atoms with van der Waals surface area (Å²) in [5.74, 6) is 0.999. The maximum atomic E-state index is 12.4. The molecule has 0 aliphatic rings. The number of esters is 1. The second kappa shape index (κ2) is 11.6. The average Bonchev–Trinajstić information content (AvgIpc) is 3.29. The van der Waals surface area contributed by atoms with Gasteiger partial charge >= 0.3 is 5.97 Å². The van der Waals surface area contributed by atoms with Gasteiger partial charge in [-0.3, -0.25) is 4.79 Å². The number of aromatic nitrogens is 1. The number of rotatable bonds is 6. The zero-order valence-corrected chi connectivity index (χ0v) is 22.0. The molecule has 0 spiro atoms. The second-order valence-electron chi connectivity index (χ2n) is 8.97. The highest BCUT2D eigenvalue weighted by Crippen LogP contribution is 2.36. The number of carbonyl (C=O) groups is 1. The van der Waals surface area contributed by atoms with Crippen LogP contribution in [0, 0.1) is 5.41 Å². The van der Waals surface area contributed by atoms with E-state index in [1.54, 1.807) is 11.3 Å². The highest BCUT2D eigenvalue weighted by Gasteiger charge is 2.28. The smallest absolute Gasteiger partial charge is 0.316 e. The average molecular weight is 494 g/mol. The van der Waals surface area contributed by atoms with Crippen LogP contribution in [-0.2, 0) is 4.79 Å². The van der Waals surface area contributed by atoms with Gasteiger partial charge in [-0.05, 0) is 74.6 Å². The predicted octanol–water partition coefficient (Wildman–Crippen LogP) is 9.16. The Balaban J connectivity index is 0.000000248. The number of carbonyl (C=O) groups excluding carboxylic acids is 1. The molecule has 1 heterocycles. The predicted molar refractivity (Wildman–Crippen MR) is 145 cm³/mol. The minimum Gasteiger partial charge on any atom is -0.425 e. The van der Waals surface area contributed by atoms with Crippen molar-refractivity contribution in [2.75, 3.05) is 0 Å². The molecule has 3 aromatic carbocycles. The summed E-state index contributed by atoms with van der Waals surface area (Å²) in [6, 6.07) is 23.7. The molecule has 0 saturated carbocycles. The fourth-order valence-corrected chi connectivity index (χ4v) is 4.25. The fraction of sp³-hybridized carbons (Fsp3) is 0.310. The molecular weight excluding hydrogens is 462 g/mol. The van der Waals surface area contributed by atoms with E-state index >= 15 is 0 Å². The molecule has 0 amide bonds. The zero-order valence-electron chi connectivity index (χ0n) is 20.5. The lowest BCUT2D eigenvalue weighted by Crippen LogP contribution is -2.28. The summed E-state index contributed by atoms with van der Waals surface area (Å²) >= 11 is 7.36. The summed E-state index contributed by atoms with van der Waals surface area (Å²) in [5.41, 5.74) is 2.69.